The lowest BCUT2D eigenvalue weighted by Crippen LogP contribution is -2.64. The van der Waals surface area contributed by atoms with Crippen molar-refractivity contribution < 1.29 is 48.4 Å². The number of likely N-dealkylation sites (N-methyl/N-ethyl adjacent to an activating group) is 1. The van der Waals surface area contributed by atoms with Crippen LogP contribution in [0.3, 0.4) is 0 Å². The third-order valence-corrected chi connectivity index (χ3v) is 8.01. The first-order valence-corrected chi connectivity index (χ1v) is 16.0. The summed E-state index contributed by atoms with van der Waals surface area (Å²) in [6.07, 6.45) is 23.7. The number of hydrogen-bond acceptors (Lipinski definition) is 11. The number of oxazole rings is 1. The molecule has 50 heavy (non-hydrogen) atoms. The Morgan fingerprint density at radius 2 is 1.76 bits per heavy atom. The van der Waals surface area contributed by atoms with E-state index < -0.39 is 54.4 Å². The molecule has 1 aromatic heterocycles. The van der Waals surface area contributed by atoms with Crippen molar-refractivity contribution in [3.8, 4) is 0 Å². The maximum Gasteiger partial charge on any atom is 0.281 e. The summed E-state index contributed by atoms with van der Waals surface area (Å²) >= 11 is 0. The largest absolute Gasteiger partial charge is 0.448 e. The van der Waals surface area contributed by atoms with Crippen molar-refractivity contribution in [3.63, 3.8) is 0 Å². The standard InChI is InChI=1S/C36H50N4O10/c1-27(18-14-11-12-15-19-29-22-37-25-49-29)32(43)35(3,4)33(44)38-21-17-13-9-7-8-10-16-20-31(42)40(46)36(24-48-26-50-36)34(45)39(5)30(23-41)28(2)47-6/h7-18,20,22,25,28,30,32,41,43,46H,19,21,23-24,26H2,1-6H3,(H,38,44). The average molecular weight is 699 g/mol. The molecular weight excluding hydrogens is 648 g/mol. The molecule has 4 N–H and O–H groups in total. The summed E-state index contributed by atoms with van der Waals surface area (Å²) in [4.78, 5) is 43.8. The van der Waals surface area contributed by atoms with E-state index in [9.17, 15) is 29.8 Å². The zero-order valence-corrected chi connectivity index (χ0v) is 29.5. The van der Waals surface area contributed by atoms with Crippen LogP contribution in [0.25, 0.3) is 0 Å². The van der Waals surface area contributed by atoms with Gasteiger partial charge in [-0.3, -0.25) is 19.6 Å². The first kappa shape index (κ1) is 41.7. The van der Waals surface area contributed by atoms with E-state index in [0.29, 0.717) is 12.0 Å². The van der Waals surface area contributed by atoms with Crippen LogP contribution in [0.5, 0.6) is 0 Å². The number of aliphatic hydroxyl groups is 2. The molecule has 1 saturated heterocycles. The molecule has 0 spiro atoms. The van der Waals surface area contributed by atoms with Gasteiger partial charge in [0, 0.05) is 33.2 Å². The van der Waals surface area contributed by atoms with Gasteiger partial charge in [0.15, 0.2) is 13.2 Å². The Balaban J connectivity index is 1.82. The van der Waals surface area contributed by atoms with Crippen LogP contribution in [-0.4, -0.2) is 113 Å². The van der Waals surface area contributed by atoms with Crippen LogP contribution in [0.2, 0.25) is 0 Å². The molecule has 0 radical (unpaired) electrons. The van der Waals surface area contributed by atoms with E-state index >= 15 is 0 Å². The van der Waals surface area contributed by atoms with E-state index in [1.54, 1.807) is 76.4 Å². The van der Waals surface area contributed by atoms with E-state index in [1.807, 2.05) is 18.2 Å². The molecule has 14 nitrogen and oxygen atoms in total. The van der Waals surface area contributed by atoms with Gasteiger partial charge in [0.1, 0.15) is 12.4 Å². The summed E-state index contributed by atoms with van der Waals surface area (Å²) in [5.41, 5.74) is -2.55. The molecule has 1 aromatic rings. The van der Waals surface area contributed by atoms with Crippen LogP contribution in [0.1, 0.15) is 33.5 Å². The molecule has 14 heteroatoms. The van der Waals surface area contributed by atoms with Crippen LogP contribution in [0, 0.1) is 5.41 Å². The van der Waals surface area contributed by atoms with Gasteiger partial charge in [-0.15, -0.1) is 0 Å². The summed E-state index contributed by atoms with van der Waals surface area (Å²) in [5, 5.41) is 34.2. The molecule has 1 aliphatic heterocycles. The van der Waals surface area contributed by atoms with E-state index in [0.717, 1.165) is 16.7 Å². The first-order valence-electron chi connectivity index (χ1n) is 16.0. The lowest BCUT2D eigenvalue weighted by Gasteiger charge is -2.38. The highest BCUT2D eigenvalue weighted by Crippen LogP contribution is 2.27. The minimum atomic E-state index is -2.13. The quantitative estimate of drug-likeness (QED) is 0.0721. The number of carbonyl (C=O) groups is 3. The number of aliphatic hydroxyl groups excluding tert-OH is 2. The number of nitrogens with zero attached hydrogens (tertiary/aromatic N) is 3. The second-order valence-electron chi connectivity index (χ2n) is 11.9. The summed E-state index contributed by atoms with van der Waals surface area (Å²) in [6.45, 7) is 5.88. The monoisotopic (exact) mass is 698 g/mol. The second kappa shape index (κ2) is 20.9. The Bertz CT molecular complexity index is 1440. The van der Waals surface area contributed by atoms with E-state index in [1.165, 1.54) is 32.7 Å². The van der Waals surface area contributed by atoms with Crippen molar-refractivity contribution in [2.75, 3.05) is 40.7 Å². The number of amides is 3. The number of aromatic nitrogens is 1. The molecule has 2 heterocycles. The number of hydroxylamine groups is 2. The normalized spacial score (nSPS) is 19.4. The molecule has 274 valence electrons. The van der Waals surface area contributed by atoms with Gasteiger partial charge in [0.05, 0.1) is 36.5 Å². The van der Waals surface area contributed by atoms with Gasteiger partial charge >= 0.3 is 0 Å². The van der Waals surface area contributed by atoms with Crippen LogP contribution in [0.15, 0.2) is 102 Å². The maximum absolute atomic E-state index is 13.3. The van der Waals surface area contributed by atoms with Gasteiger partial charge in [-0.05, 0) is 33.3 Å². The minimum absolute atomic E-state index is 0.180. The van der Waals surface area contributed by atoms with Gasteiger partial charge in [-0.2, -0.15) is 5.06 Å². The van der Waals surface area contributed by atoms with Crippen LogP contribution < -0.4 is 5.32 Å². The zero-order valence-electron chi connectivity index (χ0n) is 29.5. The average Bonchev–Trinajstić information content (AvgIpc) is 3.83. The van der Waals surface area contributed by atoms with Crippen LogP contribution in [0.4, 0.5) is 0 Å². The van der Waals surface area contributed by atoms with Gasteiger partial charge in [-0.25, -0.2) is 4.98 Å². The van der Waals surface area contributed by atoms with E-state index in [4.69, 9.17) is 18.6 Å². The highest BCUT2D eigenvalue weighted by Gasteiger charge is 2.54. The molecule has 0 aromatic carbocycles. The molecule has 4 atom stereocenters. The third-order valence-electron chi connectivity index (χ3n) is 8.01. The van der Waals surface area contributed by atoms with Crippen molar-refractivity contribution in [1.82, 2.24) is 20.3 Å². The SMILES string of the molecule is COC(C)C(CO)N(C)C(=O)C1(N(O)C(=O)C=CC=CC=CC=CCNC(=O)C(C)(C)C(O)C(C)=CC=CC=CCc2cnco2)COCO1. The highest BCUT2D eigenvalue weighted by atomic mass is 16.8. The number of allylic oxidation sites excluding steroid dienone is 11. The Labute approximate surface area is 293 Å². The number of nitrogens with one attached hydrogen (secondary N) is 1. The smallest absolute Gasteiger partial charge is 0.281 e. The lowest BCUT2D eigenvalue weighted by molar-refractivity contribution is -0.247. The Hall–Kier alpha value is -4.44. The summed E-state index contributed by atoms with van der Waals surface area (Å²) in [6, 6.07) is -0.761. The number of methoxy groups -OCH3 is 1. The van der Waals surface area contributed by atoms with Crippen LogP contribution >= 0.6 is 0 Å². The number of carbonyl (C=O) groups excluding carboxylic acids is 3. The maximum atomic E-state index is 13.3. The minimum Gasteiger partial charge on any atom is -0.448 e. The molecular formula is C36H50N4O10. The first-order chi connectivity index (χ1) is 23.8. The Morgan fingerprint density at radius 1 is 1.10 bits per heavy atom. The predicted octanol–water partition coefficient (Wildman–Crippen LogP) is 2.78. The summed E-state index contributed by atoms with van der Waals surface area (Å²) in [5.74, 6) is -1.26. The van der Waals surface area contributed by atoms with Crippen molar-refractivity contribution in [3.05, 3.63) is 103 Å². The number of hydrogen-bond donors (Lipinski definition) is 4. The highest BCUT2D eigenvalue weighted by molar-refractivity contribution is 5.94. The Morgan fingerprint density at radius 3 is 2.38 bits per heavy atom. The van der Waals surface area contributed by atoms with Crippen LogP contribution in [-0.2, 0) is 35.0 Å². The van der Waals surface area contributed by atoms with Gasteiger partial charge < -0.3 is 39.1 Å². The summed E-state index contributed by atoms with van der Waals surface area (Å²) in [7, 11) is 2.84. The molecule has 0 saturated carbocycles. The fourth-order valence-corrected chi connectivity index (χ4v) is 4.70. The predicted molar refractivity (Wildman–Crippen MR) is 185 cm³/mol. The zero-order chi connectivity index (χ0) is 37.2. The van der Waals surface area contributed by atoms with Gasteiger partial charge in [-0.1, -0.05) is 72.9 Å². The molecule has 1 fully saturated rings. The molecule has 0 bridgehead atoms. The molecule has 2 rings (SSSR count). The molecule has 3 amide bonds. The van der Waals surface area contributed by atoms with E-state index in [-0.39, 0.29) is 24.3 Å². The third kappa shape index (κ3) is 11.9. The molecule has 4 unspecified atom stereocenters. The molecule has 0 aliphatic carbocycles. The molecule has 1 aliphatic rings. The fourth-order valence-electron chi connectivity index (χ4n) is 4.70. The Kier molecular flexibility index (Phi) is 17.5. The van der Waals surface area contributed by atoms with Gasteiger partial charge in [0.25, 0.3) is 17.5 Å². The fraction of sp³-hybridized carbons (Fsp3) is 0.444. The number of ether oxygens (including phenoxy) is 3. The van der Waals surface area contributed by atoms with Crippen molar-refractivity contribution >= 4 is 17.7 Å². The van der Waals surface area contributed by atoms with E-state index in [2.05, 4.69) is 10.3 Å². The summed E-state index contributed by atoms with van der Waals surface area (Å²) < 4.78 is 20.9. The van der Waals surface area contributed by atoms with Crippen molar-refractivity contribution in [1.29, 1.82) is 0 Å². The van der Waals surface area contributed by atoms with Gasteiger partial charge in [0.2, 0.25) is 5.91 Å². The second-order valence-corrected chi connectivity index (χ2v) is 11.9. The van der Waals surface area contributed by atoms with Crippen molar-refractivity contribution in [2.45, 2.75) is 58.1 Å². The number of rotatable bonds is 19. The lowest BCUT2D eigenvalue weighted by atomic mass is 9.81. The van der Waals surface area contributed by atoms with Crippen molar-refractivity contribution in [2.24, 2.45) is 5.41 Å². The topological polar surface area (TPSA) is 184 Å².